The molecule has 15 heavy (non-hydrogen) atoms. The maximum Gasteiger partial charge on any atom is 0.147 e. The predicted molar refractivity (Wildman–Crippen MR) is 64.2 cm³/mol. The first kappa shape index (κ1) is 10.7. The summed E-state index contributed by atoms with van der Waals surface area (Å²) in [4.78, 5) is 13.2. The van der Waals surface area contributed by atoms with Crippen molar-refractivity contribution in [3.63, 3.8) is 0 Å². The lowest BCUT2D eigenvalue weighted by Gasteiger charge is -2.34. The lowest BCUT2D eigenvalue weighted by Crippen LogP contribution is -2.46. The van der Waals surface area contributed by atoms with Gasteiger partial charge in [0, 0.05) is 44.4 Å². The molecule has 0 aromatic carbocycles. The van der Waals surface area contributed by atoms with Gasteiger partial charge in [-0.2, -0.15) is 0 Å². The van der Waals surface area contributed by atoms with Crippen molar-refractivity contribution in [3.05, 3.63) is 18.6 Å². The van der Waals surface area contributed by atoms with E-state index in [9.17, 15) is 0 Å². The molecular weight excluding hydrogens is 208 g/mol. The summed E-state index contributed by atoms with van der Waals surface area (Å²) in [7, 11) is 0. The topological polar surface area (TPSA) is 32.3 Å². The third kappa shape index (κ3) is 2.82. The minimum Gasteiger partial charge on any atom is -0.353 e. The highest BCUT2D eigenvalue weighted by Crippen LogP contribution is 2.12. The predicted octanol–water partition coefficient (Wildman–Crippen LogP) is 0.919. The molecule has 0 spiro atoms. The van der Waals surface area contributed by atoms with Gasteiger partial charge in [-0.15, -0.1) is 11.8 Å². The van der Waals surface area contributed by atoms with Crippen LogP contribution in [0.25, 0.3) is 0 Å². The van der Waals surface area contributed by atoms with Gasteiger partial charge in [0.2, 0.25) is 0 Å². The lowest BCUT2D eigenvalue weighted by atomic mass is 10.3. The second-order valence-electron chi connectivity index (χ2n) is 3.59. The molecule has 1 aromatic heterocycles. The molecule has 0 amide bonds. The van der Waals surface area contributed by atoms with Crippen molar-refractivity contribution in [2.24, 2.45) is 0 Å². The van der Waals surface area contributed by atoms with Crippen molar-refractivity contribution in [1.82, 2.24) is 14.9 Å². The molecule has 0 radical (unpaired) electrons. The minimum absolute atomic E-state index is 1.00. The van der Waals surface area contributed by atoms with Gasteiger partial charge in [-0.05, 0) is 6.26 Å². The van der Waals surface area contributed by atoms with E-state index in [1.54, 1.807) is 12.4 Å². The van der Waals surface area contributed by atoms with Gasteiger partial charge < -0.3 is 4.90 Å². The third-order valence-corrected chi connectivity index (χ3v) is 3.18. The Morgan fingerprint density at radius 2 is 2.07 bits per heavy atom. The number of hydrogen-bond acceptors (Lipinski definition) is 5. The molecule has 2 rings (SSSR count). The van der Waals surface area contributed by atoms with E-state index in [0.717, 1.165) is 37.9 Å². The number of rotatable bonds is 3. The first-order valence-electron chi connectivity index (χ1n) is 5.12. The average molecular weight is 224 g/mol. The van der Waals surface area contributed by atoms with Gasteiger partial charge in [0.1, 0.15) is 5.82 Å². The Morgan fingerprint density at radius 3 is 2.67 bits per heavy atom. The molecular formula is C10H16N4S. The zero-order valence-corrected chi connectivity index (χ0v) is 9.78. The van der Waals surface area contributed by atoms with Crippen LogP contribution in [0.2, 0.25) is 0 Å². The molecule has 4 nitrogen and oxygen atoms in total. The van der Waals surface area contributed by atoms with E-state index in [2.05, 4.69) is 26.0 Å². The van der Waals surface area contributed by atoms with Gasteiger partial charge >= 0.3 is 0 Å². The van der Waals surface area contributed by atoms with Crippen LogP contribution in [-0.4, -0.2) is 53.2 Å². The lowest BCUT2D eigenvalue weighted by molar-refractivity contribution is 0.300. The highest BCUT2D eigenvalue weighted by atomic mass is 32.2. The van der Waals surface area contributed by atoms with Crippen LogP contribution in [0, 0.1) is 0 Å². The molecule has 1 aliphatic rings. The van der Waals surface area contributed by atoms with Crippen molar-refractivity contribution in [2.45, 2.75) is 0 Å². The van der Waals surface area contributed by atoms with Crippen LogP contribution in [0.15, 0.2) is 18.6 Å². The zero-order chi connectivity index (χ0) is 10.5. The molecule has 0 atom stereocenters. The van der Waals surface area contributed by atoms with Gasteiger partial charge in [-0.3, -0.25) is 9.88 Å². The molecule has 1 saturated heterocycles. The molecule has 0 bridgehead atoms. The number of aromatic nitrogens is 2. The minimum atomic E-state index is 1.00. The SMILES string of the molecule is CSCN1CCN(c2cnccn2)CC1. The number of piperazine rings is 1. The number of thioether (sulfide) groups is 1. The van der Waals surface area contributed by atoms with Gasteiger partial charge in [-0.1, -0.05) is 0 Å². The monoisotopic (exact) mass is 224 g/mol. The molecule has 82 valence electrons. The Kier molecular flexibility index (Phi) is 3.80. The Labute approximate surface area is 94.7 Å². The van der Waals surface area contributed by atoms with Crippen LogP contribution in [-0.2, 0) is 0 Å². The van der Waals surface area contributed by atoms with Crippen LogP contribution in [0.5, 0.6) is 0 Å². The standard InChI is InChI=1S/C10H16N4S/c1-15-9-13-4-6-14(7-5-13)10-8-11-2-3-12-10/h2-3,8H,4-7,9H2,1H3. The number of anilines is 1. The maximum absolute atomic E-state index is 4.31. The Bertz CT molecular complexity index is 285. The maximum atomic E-state index is 4.31. The molecule has 1 fully saturated rings. The van der Waals surface area contributed by atoms with Crippen molar-refractivity contribution in [1.29, 1.82) is 0 Å². The summed E-state index contributed by atoms with van der Waals surface area (Å²) in [5, 5.41) is 0. The van der Waals surface area contributed by atoms with Crippen LogP contribution in [0.3, 0.4) is 0 Å². The fraction of sp³-hybridized carbons (Fsp3) is 0.600. The second kappa shape index (κ2) is 5.32. The van der Waals surface area contributed by atoms with Gasteiger partial charge in [0.15, 0.2) is 0 Å². The highest BCUT2D eigenvalue weighted by molar-refractivity contribution is 7.98. The molecule has 2 heterocycles. The van der Waals surface area contributed by atoms with E-state index in [-0.39, 0.29) is 0 Å². The first-order valence-corrected chi connectivity index (χ1v) is 6.52. The Balaban J connectivity index is 1.88. The van der Waals surface area contributed by atoms with Crippen molar-refractivity contribution >= 4 is 17.6 Å². The summed E-state index contributed by atoms with van der Waals surface area (Å²) in [5.41, 5.74) is 0. The molecule has 0 saturated carbocycles. The van der Waals surface area contributed by atoms with E-state index in [1.165, 1.54) is 0 Å². The van der Waals surface area contributed by atoms with Gasteiger partial charge in [-0.25, -0.2) is 4.98 Å². The average Bonchev–Trinajstić information content (AvgIpc) is 2.32. The second-order valence-corrected chi connectivity index (χ2v) is 4.42. The van der Waals surface area contributed by atoms with E-state index < -0.39 is 0 Å². The largest absolute Gasteiger partial charge is 0.353 e. The van der Waals surface area contributed by atoms with E-state index in [4.69, 9.17) is 0 Å². The summed E-state index contributed by atoms with van der Waals surface area (Å²) in [6.45, 7) is 4.35. The van der Waals surface area contributed by atoms with E-state index in [1.807, 2.05) is 18.0 Å². The molecule has 1 aliphatic heterocycles. The van der Waals surface area contributed by atoms with Gasteiger partial charge in [0.25, 0.3) is 0 Å². The summed E-state index contributed by atoms with van der Waals surface area (Å²) in [6, 6.07) is 0. The summed E-state index contributed by atoms with van der Waals surface area (Å²) >= 11 is 1.88. The quantitative estimate of drug-likeness (QED) is 0.762. The Morgan fingerprint density at radius 1 is 1.27 bits per heavy atom. The fourth-order valence-corrected chi connectivity index (χ4v) is 2.37. The van der Waals surface area contributed by atoms with Crippen LogP contribution in [0.1, 0.15) is 0 Å². The Hall–Kier alpha value is -0.810. The molecule has 0 unspecified atom stereocenters. The van der Waals surface area contributed by atoms with Crippen LogP contribution >= 0.6 is 11.8 Å². The first-order chi connectivity index (χ1) is 7.40. The third-order valence-electron chi connectivity index (χ3n) is 2.56. The van der Waals surface area contributed by atoms with Crippen LogP contribution in [0.4, 0.5) is 5.82 Å². The van der Waals surface area contributed by atoms with Gasteiger partial charge in [0.05, 0.1) is 6.20 Å². The number of nitrogens with zero attached hydrogens (tertiary/aromatic N) is 4. The summed E-state index contributed by atoms with van der Waals surface area (Å²) in [6.07, 6.45) is 7.45. The van der Waals surface area contributed by atoms with E-state index in [0.29, 0.717) is 0 Å². The van der Waals surface area contributed by atoms with Crippen molar-refractivity contribution in [3.8, 4) is 0 Å². The fourth-order valence-electron chi connectivity index (χ4n) is 1.74. The summed E-state index contributed by atoms with van der Waals surface area (Å²) in [5.74, 6) is 2.13. The molecule has 5 heteroatoms. The molecule has 0 aliphatic carbocycles. The normalized spacial score (nSPS) is 18.1. The highest BCUT2D eigenvalue weighted by Gasteiger charge is 2.16. The smallest absolute Gasteiger partial charge is 0.147 e. The van der Waals surface area contributed by atoms with Crippen molar-refractivity contribution in [2.75, 3.05) is 43.2 Å². The van der Waals surface area contributed by atoms with Crippen LogP contribution < -0.4 is 4.90 Å². The number of hydrogen-bond donors (Lipinski definition) is 0. The van der Waals surface area contributed by atoms with E-state index >= 15 is 0 Å². The summed E-state index contributed by atoms with van der Waals surface area (Å²) < 4.78 is 0. The molecule has 0 N–H and O–H groups in total. The zero-order valence-electron chi connectivity index (χ0n) is 8.96. The molecule has 1 aromatic rings. The van der Waals surface area contributed by atoms with Crippen molar-refractivity contribution < 1.29 is 0 Å².